The molecule has 0 radical (unpaired) electrons. The minimum atomic E-state index is -0.927. The van der Waals surface area contributed by atoms with Crippen LogP contribution in [0.2, 0.25) is 0 Å². The zero-order chi connectivity index (χ0) is 19.7. The lowest BCUT2D eigenvalue weighted by Crippen LogP contribution is -2.35. The molecule has 1 fully saturated rings. The molecule has 0 spiro atoms. The Morgan fingerprint density at radius 1 is 1.29 bits per heavy atom. The topological polar surface area (TPSA) is 94.3 Å². The summed E-state index contributed by atoms with van der Waals surface area (Å²) >= 11 is 0. The first-order valence-corrected chi connectivity index (χ1v) is 9.32. The number of carbonyl (C=O) groups is 2. The van der Waals surface area contributed by atoms with Crippen molar-refractivity contribution in [1.29, 1.82) is 0 Å². The number of aryl methyl sites for hydroxylation is 1. The standard InChI is InChI=1S/C21H21N3O4/c1-12-18-16(10-17(15-8-9-15)23-20(18)28-24-12)21(26)27-13(2)19(25)22-11-14-6-4-3-5-7-14/h3-7,10,13,15H,8-9,11H2,1-2H3,(H,22,25). The van der Waals surface area contributed by atoms with E-state index in [2.05, 4.69) is 15.5 Å². The van der Waals surface area contributed by atoms with Gasteiger partial charge in [-0.05, 0) is 38.3 Å². The molecule has 0 bridgehead atoms. The Hall–Kier alpha value is -3.22. The fraction of sp³-hybridized carbons (Fsp3) is 0.333. The number of carbonyl (C=O) groups excluding carboxylic acids is 2. The molecule has 1 aliphatic rings. The minimum absolute atomic E-state index is 0.329. The molecule has 1 atom stereocenters. The van der Waals surface area contributed by atoms with Crippen LogP contribution >= 0.6 is 0 Å². The van der Waals surface area contributed by atoms with Gasteiger partial charge in [-0.15, -0.1) is 0 Å². The van der Waals surface area contributed by atoms with Crippen LogP contribution < -0.4 is 5.32 Å². The highest BCUT2D eigenvalue weighted by Gasteiger charge is 2.30. The fourth-order valence-electron chi connectivity index (χ4n) is 3.07. The van der Waals surface area contributed by atoms with Crippen LogP contribution in [0, 0.1) is 6.92 Å². The number of amides is 1. The molecule has 1 saturated carbocycles. The summed E-state index contributed by atoms with van der Waals surface area (Å²) in [5.74, 6) is -0.595. The molecule has 1 unspecified atom stereocenters. The number of rotatable bonds is 6. The Bertz CT molecular complexity index is 1020. The molecule has 2 heterocycles. The lowest BCUT2D eigenvalue weighted by molar-refractivity contribution is -0.129. The highest BCUT2D eigenvalue weighted by molar-refractivity contribution is 6.04. The highest BCUT2D eigenvalue weighted by atomic mass is 16.5. The molecular weight excluding hydrogens is 358 g/mol. The van der Waals surface area contributed by atoms with Crippen LogP contribution in [0.3, 0.4) is 0 Å². The summed E-state index contributed by atoms with van der Waals surface area (Å²) in [6, 6.07) is 11.3. The average Bonchev–Trinajstić information content (AvgIpc) is 3.49. The monoisotopic (exact) mass is 379 g/mol. The van der Waals surface area contributed by atoms with Gasteiger partial charge >= 0.3 is 5.97 Å². The van der Waals surface area contributed by atoms with E-state index in [4.69, 9.17) is 9.26 Å². The first-order chi connectivity index (χ1) is 13.5. The molecule has 28 heavy (non-hydrogen) atoms. The SMILES string of the molecule is Cc1noc2nc(C3CC3)cc(C(=O)OC(C)C(=O)NCc3ccccc3)c12. The van der Waals surface area contributed by atoms with Crippen molar-refractivity contribution in [1.82, 2.24) is 15.5 Å². The Kier molecular flexibility index (Phi) is 4.81. The number of esters is 1. The maximum absolute atomic E-state index is 12.8. The summed E-state index contributed by atoms with van der Waals surface area (Å²) < 4.78 is 10.7. The van der Waals surface area contributed by atoms with Crippen LogP contribution in [0.25, 0.3) is 11.1 Å². The molecule has 0 aliphatic heterocycles. The number of nitrogens with zero attached hydrogens (tertiary/aromatic N) is 2. The lowest BCUT2D eigenvalue weighted by atomic mass is 10.1. The van der Waals surface area contributed by atoms with Crippen LogP contribution in [0.15, 0.2) is 40.9 Å². The molecule has 2 aromatic heterocycles. The lowest BCUT2D eigenvalue weighted by Gasteiger charge is -2.14. The van der Waals surface area contributed by atoms with Crippen molar-refractivity contribution >= 4 is 23.0 Å². The number of nitrogens with one attached hydrogen (secondary N) is 1. The fourth-order valence-corrected chi connectivity index (χ4v) is 3.07. The van der Waals surface area contributed by atoms with Crippen LogP contribution in [0.5, 0.6) is 0 Å². The first kappa shape index (κ1) is 18.2. The molecule has 1 amide bonds. The molecule has 144 valence electrons. The summed E-state index contributed by atoms with van der Waals surface area (Å²) in [5, 5.41) is 7.23. The zero-order valence-electron chi connectivity index (χ0n) is 15.8. The number of aromatic nitrogens is 2. The first-order valence-electron chi connectivity index (χ1n) is 9.32. The van der Waals surface area contributed by atoms with E-state index in [1.165, 1.54) is 0 Å². The summed E-state index contributed by atoms with van der Waals surface area (Å²) in [5.41, 5.74) is 3.01. The predicted molar refractivity (Wildman–Crippen MR) is 102 cm³/mol. The molecule has 0 saturated heterocycles. The van der Waals surface area contributed by atoms with E-state index < -0.39 is 12.1 Å². The molecule has 7 nitrogen and oxygen atoms in total. The van der Waals surface area contributed by atoms with Gasteiger partial charge in [-0.3, -0.25) is 4.79 Å². The van der Waals surface area contributed by atoms with Gasteiger partial charge in [-0.1, -0.05) is 35.5 Å². The number of hydrogen-bond acceptors (Lipinski definition) is 6. The van der Waals surface area contributed by atoms with E-state index >= 15 is 0 Å². The Balaban J connectivity index is 1.48. The van der Waals surface area contributed by atoms with Gasteiger partial charge in [0, 0.05) is 18.2 Å². The second-order valence-corrected chi connectivity index (χ2v) is 7.07. The van der Waals surface area contributed by atoms with Gasteiger partial charge in [0.1, 0.15) is 0 Å². The zero-order valence-corrected chi connectivity index (χ0v) is 15.8. The maximum atomic E-state index is 12.8. The van der Waals surface area contributed by atoms with Gasteiger partial charge in [0.2, 0.25) is 0 Å². The van der Waals surface area contributed by atoms with Crippen molar-refractivity contribution in [2.45, 2.75) is 45.3 Å². The summed E-state index contributed by atoms with van der Waals surface area (Å²) in [4.78, 5) is 29.6. The third-order valence-electron chi connectivity index (χ3n) is 4.82. The second-order valence-electron chi connectivity index (χ2n) is 7.07. The van der Waals surface area contributed by atoms with E-state index in [-0.39, 0.29) is 5.91 Å². The van der Waals surface area contributed by atoms with Crippen molar-refractivity contribution in [2.75, 3.05) is 0 Å². The van der Waals surface area contributed by atoms with E-state index in [0.29, 0.717) is 34.8 Å². The third kappa shape index (κ3) is 3.74. The molecule has 3 aromatic rings. The second kappa shape index (κ2) is 7.42. The number of fused-ring (bicyclic) bond motifs is 1. The smallest absolute Gasteiger partial charge is 0.339 e. The van der Waals surface area contributed by atoms with E-state index in [1.54, 1.807) is 19.9 Å². The predicted octanol–water partition coefficient (Wildman–Crippen LogP) is 3.27. The van der Waals surface area contributed by atoms with Gasteiger partial charge in [0.05, 0.1) is 16.6 Å². The average molecular weight is 379 g/mol. The molecule has 1 N–H and O–H groups in total. The quantitative estimate of drug-likeness (QED) is 0.661. The molecular formula is C21H21N3O4. The summed E-state index contributed by atoms with van der Waals surface area (Å²) in [7, 11) is 0. The normalized spacial score (nSPS) is 14.6. The molecule has 7 heteroatoms. The van der Waals surface area contributed by atoms with Gasteiger partial charge in [0.25, 0.3) is 11.6 Å². The van der Waals surface area contributed by atoms with Gasteiger partial charge in [-0.25, -0.2) is 9.78 Å². The molecule has 1 aromatic carbocycles. The van der Waals surface area contributed by atoms with Crippen molar-refractivity contribution in [3.8, 4) is 0 Å². The Morgan fingerprint density at radius 2 is 2.04 bits per heavy atom. The van der Waals surface area contributed by atoms with Gasteiger partial charge in [0.15, 0.2) is 6.10 Å². The van der Waals surface area contributed by atoms with Crippen molar-refractivity contribution in [2.24, 2.45) is 0 Å². The van der Waals surface area contributed by atoms with Crippen molar-refractivity contribution < 1.29 is 18.8 Å². The van der Waals surface area contributed by atoms with Crippen LogP contribution in [0.4, 0.5) is 0 Å². The molecule has 1 aliphatic carbocycles. The Morgan fingerprint density at radius 3 is 2.75 bits per heavy atom. The number of pyridine rings is 1. The number of benzene rings is 1. The van der Waals surface area contributed by atoms with Crippen LogP contribution in [-0.2, 0) is 16.1 Å². The number of hydrogen-bond donors (Lipinski definition) is 1. The van der Waals surface area contributed by atoms with E-state index in [9.17, 15) is 9.59 Å². The number of ether oxygens (including phenoxy) is 1. The van der Waals surface area contributed by atoms with E-state index in [0.717, 1.165) is 24.1 Å². The van der Waals surface area contributed by atoms with Crippen molar-refractivity contribution in [3.63, 3.8) is 0 Å². The minimum Gasteiger partial charge on any atom is -0.449 e. The largest absolute Gasteiger partial charge is 0.449 e. The van der Waals surface area contributed by atoms with Gasteiger partial charge < -0.3 is 14.6 Å². The summed E-state index contributed by atoms with van der Waals surface area (Å²) in [6.07, 6.45) is 1.15. The summed E-state index contributed by atoms with van der Waals surface area (Å²) in [6.45, 7) is 3.67. The molecule has 4 rings (SSSR count). The van der Waals surface area contributed by atoms with Crippen LogP contribution in [0.1, 0.15) is 53.0 Å². The third-order valence-corrected chi connectivity index (χ3v) is 4.82. The van der Waals surface area contributed by atoms with E-state index in [1.807, 2.05) is 30.3 Å². The van der Waals surface area contributed by atoms with Crippen molar-refractivity contribution in [3.05, 3.63) is 58.9 Å². The van der Waals surface area contributed by atoms with Crippen LogP contribution in [-0.4, -0.2) is 28.1 Å². The Labute approximate surface area is 162 Å². The van der Waals surface area contributed by atoms with Gasteiger partial charge in [-0.2, -0.15) is 0 Å². The maximum Gasteiger partial charge on any atom is 0.339 e. The highest BCUT2D eigenvalue weighted by Crippen LogP contribution is 2.40.